The Bertz CT molecular complexity index is 6340. The highest BCUT2D eigenvalue weighted by molar-refractivity contribution is 7.00. The van der Waals surface area contributed by atoms with Crippen molar-refractivity contribution < 1.29 is 0 Å². The summed E-state index contributed by atoms with van der Waals surface area (Å²) in [6, 6.07) is 143. The summed E-state index contributed by atoms with van der Waals surface area (Å²) in [6.07, 6.45) is 0. The van der Waals surface area contributed by atoms with E-state index in [0.29, 0.717) is 0 Å². The van der Waals surface area contributed by atoms with Crippen LogP contribution in [0.25, 0.3) is 143 Å². The highest BCUT2D eigenvalue weighted by atomic mass is 15.2. The lowest BCUT2D eigenvalue weighted by atomic mass is 9.33. The zero-order valence-electron chi connectivity index (χ0n) is 56.2. The van der Waals surface area contributed by atoms with Gasteiger partial charge < -0.3 is 18.9 Å². The van der Waals surface area contributed by atoms with E-state index in [0.717, 1.165) is 118 Å². The maximum atomic E-state index is 2.70. The van der Waals surface area contributed by atoms with Crippen molar-refractivity contribution >= 4 is 122 Å². The van der Waals surface area contributed by atoms with Gasteiger partial charge in [0.2, 0.25) is 0 Å². The first kappa shape index (κ1) is 58.5. The molecular formula is C98H63BN4. The van der Waals surface area contributed by atoms with E-state index in [9.17, 15) is 0 Å². The van der Waals surface area contributed by atoms with E-state index in [2.05, 4.69) is 401 Å². The van der Waals surface area contributed by atoms with Gasteiger partial charge in [0, 0.05) is 72.2 Å². The average Bonchev–Trinajstić information content (AvgIpc) is 1.02. The number of hydrogen-bond acceptors (Lipinski definition) is 2. The second kappa shape index (κ2) is 23.6. The minimum absolute atomic E-state index is 0.280. The normalized spacial score (nSPS) is 12.4. The van der Waals surface area contributed by atoms with Gasteiger partial charge in [0.25, 0.3) is 6.71 Å². The number of benzene rings is 17. The Labute approximate surface area is 597 Å². The van der Waals surface area contributed by atoms with Gasteiger partial charge in [-0.05, 0) is 137 Å². The Morgan fingerprint density at radius 2 is 0.485 bits per heavy atom. The van der Waals surface area contributed by atoms with Crippen LogP contribution in [0.2, 0.25) is 0 Å². The van der Waals surface area contributed by atoms with Crippen LogP contribution in [0.4, 0.5) is 34.1 Å². The molecule has 0 aliphatic carbocycles. The fourth-order valence-corrected chi connectivity index (χ4v) is 17.6. The number of hydrogen-bond donors (Lipinski definition) is 0. The van der Waals surface area contributed by atoms with E-state index in [4.69, 9.17) is 0 Å². The molecule has 0 bridgehead atoms. The van der Waals surface area contributed by atoms with Crippen LogP contribution in [0.15, 0.2) is 382 Å². The molecule has 0 saturated carbocycles. The highest BCUT2D eigenvalue weighted by Crippen LogP contribution is 2.55. The molecule has 4 nitrogen and oxygen atoms in total. The van der Waals surface area contributed by atoms with Crippen molar-refractivity contribution in [2.24, 2.45) is 0 Å². The van der Waals surface area contributed by atoms with Crippen molar-refractivity contribution in [1.82, 2.24) is 9.13 Å². The van der Waals surface area contributed by atoms with Crippen LogP contribution in [0, 0.1) is 0 Å². The summed E-state index contributed by atoms with van der Waals surface area (Å²) in [7, 11) is 0. The van der Waals surface area contributed by atoms with Crippen LogP contribution in [0.3, 0.4) is 0 Å². The molecule has 0 N–H and O–H groups in total. The number of para-hydroxylation sites is 6. The van der Waals surface area contributed by atoms with E-state index in [1.165, 1.54) is 76.2 Å². The van der Waals surface area contributed by atoms with Crippen molar-refractivity contribution in [3.8, 4) is 78.1 Å². The number of nitrogens with zero attached hydrogens (tertiary/aromatic N) is 4. The standard InChI is InChI=1S/C98H63BN4/c1-6-30-64(31-7-1)72-48-28-49-73(65-32-8-2-9-33-65)97(72)102-90-60-69(95-82-46-18-16-44-80(82)94(68-38-14-5-15-39-68)81-45-17-19-47-83(81)95)56-58-84(90)99-85-59-57-70(100-86-52-24-20-40-76(86)77-41-21-25-53-87(77)100)61-91(85)103(98-74(66-34-10-3-11-35-66)50-29-51-75(98)67-36-12-4-13-37-67)93-63-71(62-92(102)96(93)99)101-88-54-26-22-42-78(88)79-43-23-27-55-89(79)101/h1-63H. The third-order valence-corrected chi connectivity index (χ3v) is 21.9. The lowest BCUT2D eigenvalue weighted by molar-refractivity contribution is 1.15. The van der Waals surface area contributed by atoms with Gasteiger partial charge in [0.1, 0.15) is 0 Å². The van der Waals surface area contributed by atoms with E-state index in [1.807, 2.05) is 0 Å². The first-order chi connectivity index (χ1) is 51.2. The lowest BCUT2D eigenvalue weighted by Gasteiger charge is -2.46. The third kappa shape index (κ3) is 9.06. The minimum atomic E-state index is -0.280. The summed E-state index contributed by atoms with van der Waals surface area (Å²) in [5, 5.41) is 9.68. The first-order valence-electron chi connectivity index (χ1n) is 35.7. The quantitative estimate of drug-likeness (QED) is 0.100. The maximum Gasteiger partial charge on any atom is 0.252 e. The molecule has 4 heterocycles. The Balaban J connectivity index is 0.959. The zero-order valence-corrected chi connectivity index (χ0v) is 56.2. The second-order valence-electron chi connectivity index (χ2n) is 27.3. The fourth-order valence-electron chi connectivity index (χ4n) is 17.6. The van der Waals surface area contributed by atoms with Crippen LogP contribution in [-0.4, -0.2) is 15.8 Å². The van der Waals surface area contributed by atoms with Gasteiger partial charge in [0.05, 0.1) is 39.1 Å². The van der Waals surface area contributed by atoms with E-state index in [-0.39, 0.29) is 6.71 Å². The lowest BCUT2D eigenvalue weighted by Crippen LogP contribution is -2.61. The van der Waals surface area contributed by atoms with Crippen LogP contribution in [-0.2, 0) is 0 Å². The molecule has 17 aromatic carbocycles. The molecule has 5 heteroatoms. The molecule has 0 amide bonds. The predicted octanol–water partition coefficient (Wildman–Crippen LogP) is 24.3. The topological polar surface area (TPSA) is 16.3 Å². The molecule has 478 valence electrons. The molecule has 2 aliphatic rings. The van der Waals surface area contributed by atoms with Crippen LogP contribution in [0.1, 0.15) is 0 Å². The van der Waals surface area contributed by atoms with Gasteiger partial charge in [-0.2, -0.15) is 0 Å². The summed E-state index contributed by atoms with van der Waals surface area (Å²) in [5.74, 6) is 0. The Morgan fingerprint density at radius 1 is 0.194 bits per heavy atom. The fraction of sp³-hybridized carbons (Fsp3) is 0. The number of rotatable bonds is 10. The summed E-state index contributed by atoms with van der Waals surface area (Å²) in [5.41, 5.74) is 30.8. The summed E-state index contributed by atoms with van der Waals surface area (Å²) >= 11 is 0. The molecule has 2 aromatic heterocycles. The van der Waals surface area contributed by atoms with Gasteiger partial charge in [-0.1, -0.05) is 328 Å². The minimum Gasteiger partial charge on any atom is -0.310 e. The van der Waals surface area contributed by atoms with Crippen molar-refractivity contribution in [1.29, 1.82) is 0 Å². The van der Waals surface area contributed by atoms with E-state index >= 15 is 0 Å². The van der Waals surface area contributed by atoms with Crippen LogP contribution >= 0.6 is 0 Å². The molecule has 0 fully saturated rings. The van der Waals surface area contributed by atoms with Gasteiger partial charge in [-0.25, -0.2) is 0 Å². The molecular weight excluding hydrogens is 1240 g/mol. The van der Waals surface area contributed by atoms with Crippen molar-refractivity contribution in [3.05, 3.63) is 382 Å². The van der Waals surface area contributed by atoms with Crippen LogP contribution in [0.5, 0.6) is 0 Å². The molecule has 0 saturated heterocycles. The smallest absolute Gasteiger partial charge is 0.252 e. The van der Waals surface area contributed by atoms with Crippen molar-refractivity contribution in [2.75, 3.05) is 9.80 Å². The van der Waals surface area contributed by atoms with Gasteiger partial charge >= 0.3 is 0 Å². The summed E-state index contributed by atoms with van der Waals surface area (Å²) < 4.78 is 5.03. The molecule has 0 spiro atoms. The zero-order chi connectivity index (χ0) is 67.6. The third-order valence-electron chi connectivity index (χ3n) is 21.9. The molecule has 21 rings (SSSR count). The Hall–Kier alpha value is -13.5. The first-order valence-corrected chi connectivity index (χ1v) is 35.7. The largest absolute Gasteiger partial charge is 0.310 e. The molecule has 0 atom stereocenters. The van der Waals surface area contributed by atoms with Crippen molar-refractivity contribution in [3.63, 3.8) is 0 Å². The predicted molar refractivity (Wildman–Crippen MR) is 437 cm³/mol. The van der Waals surface area contributed by atoms with Gasteiger partial charge in [-0.15, -0.1) is 0 Å². The monoisotopic (exact) mass is 1310 g/mol. The number of fused-ring (bicyclic) bond motifs is 12. The summed E-state index contributed by atoms with van der Waals surface area (Å²) in [4.78, 5) is 5.39. The van der Waals surface area contributed by atoms with Gasteiger partial charge in [0.15, 0.2) is 0 Å². The number of aromatic nitrogens is 2. The maximum absolute atomic E-state index is 2.70. The SMILES string of the molecule is c1ccc(-c2cccc(-c3ccccc3)c2N2c3cc(-c4c5ccccc5c(-c5ccccc5)c5ccccc45)ccc3B3c4ccc(-n5c6ccccc6c6ccccc65)cc4N(c4c(-c5ccccc5)cccc4-c4ccccc4)c4cc(-n5c6ccccc6c6ccccc65)cc2c43)cc1. The van der Waals surface area contributed by atoms with E-state index < -0.39 is 0 Å². The molecule has 2 aliphatic heterocycles. The molecule has 103 heavy (non-hydrogen) atoms. The molecule has 0 radical (unpaired) electrons. The molecule has 19 aromatic rings. The van der Waals surface area contributed by atoms with Gasteiger partial charge in [-0.3, -0.25) is 0 Å². The van der Waals surface area contributed by atoms with Crippen LogP contribution < -0.4 is 26.2 Å². The second-order valence-corrected chi connectivity index (χ2v) is 27.3. The van der Waals surface area contributed by atoms with E-state index in [1.54, 1.807) is 0 Å². The average molecular weight is 1310 g/mol. The Kier molecular flexibility index (Phi) is 13.4. The van der Waals surface area contributed by atoms with Crippen molar-refractivity contribution in [2.45, 2.75) is 0 Å². The summed E-state index contributed by atoms with van der Waals surface area (Å²) in [6.45, 7) is -0.280. The molecule has 0 unspecified atom stereocenters. The highest BCUT2D eigenvalue weighted by Gasteiger charge is 2.46. The Morgan fingerprint density at radius 3 is 0.864 bits per heavy atom. The number of anilines is 6.